The van der Waals surface area contributed by atoms with E-state index >= 15 is 0 Å². The van der Waals surface area contributed by atoms with Gasteiger partial charge in [0.05, 0.1) is 0 Å². The molecule has 0 fully saturated rings. The highest BCUT2D eigenvalue weighted by molar-refractivity contribution is 5.91. The van der Waals surface area contributed by atoms with Gasteiger partial charge < -0.3 is 4.79 Å². The zero-order chi connectivity index (χ0) is 10.6. The fourth-order valence-electron chi connectivity index (χ4n) is 1.82. The second kappa shape index (κ2) is 5.08. The molecule has 0 aromatic heterocycles. The zero-order valence-electron chi connectivity index (χ0n) is 8.90. The number of ketones is 1. The minimum absolute atomic E-state index is 0.0794. The molecule has 3 atom stereocenters. The topological polar surface area (TPSA) is 34.1 Å². The molecule has 0 N–H and O–H groups in total. The van der Waals surface area contributed by atoms with Gasteiger partial charge in [-0.15, -0.1) is 0 Å². The van der Waals surface area contributed by atoms with Crippen molar-refractivity contribution in [1.29, 1.82) is 0 Å². The van der Waals surface area contributed by atoms with Gasteiger partial charge in [0.15, 0.2) is 5.78 Å². The van der Waals surface area contributed by atoms with Crippen LogP contribution >= 0.6 is 0 Å². The molecule has 14 heavy (non-hydrogen) atoms. The molecule has 0 spiro atoms. The monoisotopic (exact) mass is 194 g/mol. The number of hydrogen-bond acceptors (Lipinski definition) is 2. The molecule has 1 rings (SSSR count). The van der Waals surface area contributed by atoms with Gasteiger partial charge in [-0.05, 0) is 24.8 Å². The number of carbonyl (C=O) groups excluding carboxylic acids is 2. The Hall–Kier alpha value is -0.920. The molecule has 0 heterocycles. The van der Waals surface area contributed by atoms with Gasteiger partial charge in [-0.2, -0.15) is 0 Å². The molecular weight excluding hydrogens is 176 g/mol. The molecule has 0 saturated carbocycles. The highest BCUT2D eigenvalue weighted by Crippen LogP contribution is 2.22. The highest BCUT2D eigenvalue weighted by atomic mass is 16.1. The first-order valence-corrected chi connectivity index (χ1v) is 5.32. The third kappa shape index (κ3) is 2.79. The summed E-state index contributed by atoms with van der Waals surface area (Å²) in [7, 11) is 0. The minimum Gasteiger partial charge on any atom is -0.303 e. The highest BCUT2D eigenvalue weighted by Gasteiger charge is 2.18. The standard InChI is InChI=1S/C12H18O2/c1-9-4-3-5-10(2)12(14)7-6-11(9)8-13/h6-11H,3-5H2,1-2H3/b7-6-/t9?,10-,11?/m1/s1. The van der Waals surface area contributed by atoms with Gasteiger partial charge in [0.25, 0.3) is 0 Å². The summed E-state index contributed by atoms with van der Waals surface area (Å²) in [6.07, 6.45) is 7.32. The summed E-state index contributed by atoms with van der Waals surface area (Å²) in [4.78, 5) is 22.3. The Bertz CT molecular complexity index is 243. The van der Waals surface area contributed by atoms with Gasteiger partial charge in [-0.3, -0.25) is 4.79 Å². The van der Waals surface area contributed by atoms with Crippen LogP contribution in [0.15, 0.2) is 12.2 Å². The van der Waals surface area contributed by atoms with Crippen LogP contribution in [0.5, 0.6) is 0 Å². The molecule has 0 aromatic rings. The summed E-state index contributed by atoms with van der Waals surface area (Å²) in [5.74, 6) is 0.556. The van der Waals surface area contributed by atoms with Crippen molar-refractivity contribution in [2.75, 3.05) is 0 Å². The average molecular weight is 194 g/mol. The molecular formula is C12H18O2. The van der Waals surface area contributed by atoms with Crippen molar-refractivity contribution in [2.24, 2.45) is 17.8 Å². The van der Waals surface area contributed by atoms with Crippen molar-refractivity contribution in [3.63, 3.8) is 0 Å². The summed E-state index contributed by atoms with van der Waals surface area (Å²) in [6.45, 7) is 4.03. The van der Waals surface area contributed by atoms with Gasteiger partial charge in [0, 0.05) is 11.8 Å². The normalized spacial score (nSPS) is 36.7. The first-order valence-electron chi connectivity index (χ1n) is 5.32. The molecule has 0 saturated heterocycles. The molecule has 78 valence electrons. The molecule has 0 bridgehead atoms. The van der Waals surface area contributed by atoms with Crippen molar-refractivity contribution in [2.45, 2.75) is 33.1 Å². The van der Waals surface area contributed by atoms with E-state index in [1.807, 2.05) is 6.92 Å². The summed E-state index contributed by atoms with van der Waals surface area (Å²) in [5.41, 5.74) is 0. The molecule has 1 aliphatic rings. The summed E-state index contributed by atoms with van der Waals surface area (Å²) in [5, 5.41) is 0. The number of hydrogen-bond donors (Lipinski definition) is 0. The van der Waals surface area contributed by atoms with Crippen LogP contribution in [-0.4, -0.2) is 12.1 Å². The second-order valence-electron chi connectivity index (χ2n) is 4.28. The van der Waals surface area contributed by atoms with Crippen LogP contribution in [0.4, 0.5) is 0 Å². The Morgan fingerprint density at radius 1 is 1.36 bits per heavy atom. The molecule has 0 aliphatic heterocycles. The molecule has 2 nitrogen and oxygen atoms in total. The molecule has 0 aromatic carbocycles. The van der Waals surface area contributed by atoms with E-state index in [2.05, 4.69) is 6.92 Å². The number of rotatable bonds is 1. The summed E-state index contributed by atoms with van der Waals surface area (Å²) < 4.78 is 0. The van der Waals surface area contributed by atoms with Crippen LogP contribution in [0.25, 0.3) is 0 Å². The summed E-state index contributed by atoms with van der Waals surface area (Å²) >= 11 is 0. The number of allylic oxidation sites excluding steroid dienone is 2. The lowest BCUT2D eigenvalue weighted by Crippen LogP contribution is -2.10. The Morgan fingerprint density at radius 3 is 2.71 bits per heavy atom. The molecule has 0 amide bonds. The van der Waals surface area contributed by atoms with Crippen molar-refractivity contribution >= 4 is 12.1 Å². The zero-order valence-corrected chi connectivity index (χ0v) is 8.90. The van der Waals surface area contributed by atoms with Crippen LogP contribution in [0.2, 0.25) is 0 Å². The molecule has 1 aliphatic carbocycles. The van der Waals surface area contributed by atoms with Crippen molar-refractivity contribution in [3.05, 3.63) is 12.2 Å². The molecule has 2 unspecified atom stereocenters. The van der Waals surface area contributed by atoms with Gasteiger partial charge in [-0.1, -0.05) is 26.3 Å². The maximum atomic E-state index is 11.5. The largest absolute Gasteiger partial charge is 0.303 e. The fraction of sp³-hybridized carbons (Fsp3) is 0.667. The second-order valence-corrected chi connectivity index (χ2v) is 4.28. The predicted octanol–water partition coefficient (Wildman–Crippen LogP) is 2.38. The van der Waals surface area contributed by atoms with E-state index < -0.39 is 0 Å². The average Bonchev–Trinajstić information content (AvgIpc) is 2.22. The lowest BCUT2D eigenvalue weighted by molar-refractivity contribution is -0.117. The quantitative estimate of drug-likeness (QED) is 0.600. The Balaban J connectivity index is 2.75. The van der Waals surface area contributed by atoms with E-state index in [1.54, 1.807) is 12.2 Å². The predicted molar refractivity (Wildman–Crippen MR) is 55.9 cm³/mol. The van der Waals surface area contributed by atoms with E-state index in [1.165, 1.54) is 0 Å². The van der Waals surface area contributed by atoms with Crippen molar-refractivity contribution < 1.29 is 9.59 Å². The maximum absolute atomic E-state index is 11.5. The van der Waals surface area contributed by atoms with Gasteiger partial charge in [0.2, 0.25) is 0 Å². The molecule has 2 heteroatoms. The van der Waals surface area contributed by atoms with E-state index in [4.69, 9.17) is 0 Å². The van der Waals surface area contributed by atoms with E-state index in [9.17, 15) is 9.59 Å². The van der Waals surface area contributed by atoms with Gasteiger partial charge >= 0.3 is 0 Å². The molecule has 0 radical (unpaired) electrons. The Labute approximate surface area is 85.4 Å². The fourth-order valence-corrected chi connectivity index (χ4v) is 1.82. The first-order chi connectivity index (χ1) is 6.65. The van der Waals surface area contributed by atoms with Crippen molar-refractivity contribution in [3.8, 4) is 0 Å². The van der Waals surface area contributed by atoms with E-state index in [0.717, 1.165) is 25.5 Å². The van der Waals surface area contributed by atoms with Gasteiger partial charge in [-0.25, -0.2) is 0 Å². The third-order valence-electron chi connectivity index (χ3n) is 3.08. The Morgan fingerprint density at radius 2 is 2.07 bits per heavy atom. The van der Waals surface area contributed by atoms with Crippen LogP contribution in [0.3, 0.4) is 0 Å². The van der Waals surface area contributed by atoms with Crippen LogP contribution in [0.1, 0.15) is 33.1 Å². The van der Waals surface area contributed by atoms with E-state index in [0.29, 0.717) is 5.92 Å². The third-order valence-corrected chi connectivity index (χ3v) is 3.08. The van der Waals surface area contributed by atoms with Crippen molar-refractivity contribution in [1.82, 2.24) is 0 Å². The van der Waals surface area contributed by atoms with Crippen LogP contribution in [-0.2, 0) is 9.59 Å². The number of aldehydes is 1. The van der Waals surface area contributed by atoms with E-state index in [-0.39, 0.29) is 17.6 Å². The SMILES string of the molecule is CC1CCC[C@@H](C)C(=O)/C=C\C1C=O. The summed E-state index contributed by atoms with van der Waals surface area (Å²) in [6, 6.07) is 0. The lowest BCUT2D eigenvalue weighted by Gasteiger charge is -2.13. The van der Waals surface area contributed by atoms with Crippen LogP contribution in [0, 0.1) is 17.8 Å². The lowest BCUT2D eigenvalue weighted by atomic mass is 9.90. The smallest absolute Gasteiger partial charge is 0.158 e. The number of carbonyl (C=O) groups is 2. The van der Waals surface area contributed by atoms with Gasteiger partial charge in [0.1, 0.15) is 6.29 Å². The Kier molecular flexibility index (Phi) is 4.05. The maximum Gasteiger partial charge on any atom is 0.158 e. The minimum atomic E-state index is -0.0794. The first kappa shape index (κ1) is 11.2. The van der Waals surface area contributed by atoms with Crippen LogP contribution < -0.4 is 0 Å².